The normalized spacial score (nSPS) is 19.1. The Hall–Kier alpha value is -2.33. The van der Waals surface area contributed by atoms with Crippen molar-refractivity contribution in [3.63, 3.8) is 0 Å². The Morgan fingerprint density at radius 2 is 1.91 bits per heavy atom. The van der Waals surface area contributed by atoms with Gasteiger partial charge in [0, 0.05) is 12.1 Å². The Balaban J connectivity index is 1.88. The largest absolute Gasteiger partial charge is 0.489 e. The van der Waals surface area contributed by atoms with Gasteiger partial charge in [0.25, 0.3) is 0 Å². The van der Waals surface area contributed by atoms with Gasteiger partial charge in [0.2, 0.25) is 6.41 Å². The van der Waals surface area contributed by atoms with E-state index in [1.54, 1.807) is 4.90 Å². The van der Waals surface area contributed by atoms with Crippen LogP contribution in [0.1, 0.15) is 88.4 Å². The van der Waals surface area contributed by atoms with Crippen molar-refractivity contribution >= 4 is 6.41 Å². The number of unbranched alkanes of at least 4 members (excludes halogenated alkanes) is 3. The number of hydrogen-bond acceptors (Lipinski definition) is 3. The van der Waals surface area contributed by atoms with Crippen molar-refractivity contribution in [1.82, 2.24) is 4.90 Å². The lowest BCUT2D eigenvalue weighted by molar-refractivity contribution is -0.123. The fourth-order valence-electron chi connectivity index (χ4n) is 4.63. The number of likely N-dealkylation sites (tertiary alicyclic amines) is 1. The number of benzene rings is 2. The Morgan fingerprint density at radius 1 is 1.12 bits per heavy atom. The summed E-state index contributed by atoms with van der Waals surface area (Å²) in [7, 11) is 0. The maximum absolute atomic E-state index is 11.7. The predicted molar refractivity (Wildman–Crippen MR) is 130 cm³/mol. The molecule has 32 heavy (non-hydrogen) atoms. The van der Waals surface area contributed by atoms with Gasteiger partial charge >= 0.3 is 0 Å². The number of piperidine rings is 1. The first-order chi connectivity index (χ1) is 15.4. The third-order valence-electron chi connectivity index (χ3n) is 6.80. The lowest BCUT2D eigenvalue weighted by Gasteiger charge is -2.37. The van der Waals surface area contributed by atoms with Crippen molar-refractivity contribution in [2.45, 2.75) is 89.9 Å². The van der Waals surface area contributed by atoms with Gasteiger partial charge in [-0.1, -0.05) is 88.9 Å². The van der Waals surface area contributed by atoms with Gasteiger partial charge in [-0.3, -0.25) is 4.79 Å². The van der Waals surface area contributed by atoms with E-state index in [-0.39, 0.29) is 11.5 Å². The number of amides is 1. The van der Waals surface area contributed by atoms with Gasteiger partial charge < -0.3 is 14.7 Å². The van der Waals surface area contributed by atoms with Gasteiger partial charge in [0.1, 0.15) is 12.4 Å². The zero-order valence-electron chi connectivity index (χ0n) is 19.9. The van der Waals surface area contributed by atoms with Gasteiger partial charge in [0.05, 0.1) is 12.1 Å². The summed E-state index contributed by atoms with van der Waals surface area (Å²) in [5.41, 5.74) is 3.40. The van der Waals surface area contributed by atoms with E-state index >= 15 is 0 Å². The van der Waals surface area contributed by atoms with Crippen LogP contribution in [0.4, 0.5) is 0 Å². The highest BCUT2D eigenvalue weighted by atomic mass is 16.5. The first-order valence-electron chi connectivity index (χ1n) is 12.1. The number of ether oxygens (including phenoxy) is 1. The van der Waals surface area contributed by atoms with Crippen molar-refractivity contribution in [3.8, 4) is 5.75 Å². The van der Waals surface area contributed by atoms with Gasteiger partial charge in [-0.15, -0.1) is 0 Å². The minimum absolute atomic E-state index is 0.0492. The van der Waals surface area contributed by atoms with E-state index < -0.39 is 6.10 Å². The molecule has 4 heteroatoms. The van der Waals surface area contributed by atoms with Crippen LogP contribution in [0.5, 0.6) is 5.75 Å². The van der Waals surface area contributed by atoms with E-state index in [9.17, 15) is 9.90 Å². The van der Waals surface area contributed by atoms with Gasteiger partial charge in [0.15, 0.2) is 0 Å². The first-order valence-corrected chi connectivity index (χ1v) is 12.1. The highest BCUT2D eigenvalue weighted by molar-refractivity contribution is 5.51. The van der Waals surface area contributed by atoms with Crippen molar-refractivity contribution in [3.05, 3.63) is 65.2 Å². The molecule has 2 aromatic rings. The monoisotopic (exact) mass is 437 g/mol. The minimum Gasteiger partial charge on any atom is -0.489 e. The molecule has 0 spiro atoms. The third-order valence-corrected chi connectivity index (χ3v) is 6.80. The summed E-state index contributed by atoms with van der Waals surface area (Å²) < 4.78 is 6.36. The van der Waals surface area contributed by atoms with Crippen molar-refractivity contribution in [2.75, 3.05) is 6.54 Å². The molecule has 1 heterocycles. The Morgan fingerprint density at radius 3 is 2.62 bits per heavy atom. The van der Waals surface area contributed by atoms with E-state index in [2.05, 4.69) is 51.1 Å². The molecule has 1 aliphatic rings. The van der Waals surface area contributed by atoms with E-state index in [0.717, 1.165) is 29.7 Å². The number of aliphatic hydroxyl groups excluding tert-OH is 1. The lowest BCUT2D eigenvalue weighted by atomic mass is 9.79. The molecule has 3 rings (SSSR count). The second-order valence-electron chi connectivity index (χ2n) is 9.76. The summed E-state index contributed by atoms with van der Waals surface area (Å²) in [5, 5.41) is 10.3. The quantitative estimate of drug-likeness (QED) is 0.338. The zero-order chi connectivity index (χ0) is 23.0. The molecule has 0 bridgehead atoms. The third kappa shape index (κ3) is 6.35. The maximum atomic E-state index is 11.7. The SMILES string of the molecule is CCCCCCC(C)(C)c1ccc([C@@H]2C[C@H](O)CCN2C=O)c(OCc2ccccc2)c1. The first kappa shape index (κ1) is 24.3. The molecule has 4 nitrogen and oxygen atoms in total. The van der Waals surface area contributed by atoms with Crippen molar-refractivity contribution < 1.29 is 14.6 Å². The number of carbonyl (C=O) groups excluding carboxylic acids is 1. The second-order valence-corrected chi connectivity index (χ2v) is 9.76. The Labute approximate surface area is 193 Å². The van der Waals surface area contributed by atoms with E-state index in [1.165, 1.54) is 31.2 Å². The number of hydrogen-bond donors (Lipinski definition) is 1. The summed E-state index contributed by atoms with van der Waals surface area (Å²) >= 11 is 0. The molecule has 1 aliphatic heterocycles. The van der Waals surface area contributed by atoms with Crippen molar-refractivity contribution in [1.29, 1.82) is 0 Å². The maximum Gasteiger partial charge on any atom is 0.210 e. The number of carbonyl (C=O) groups is 1. The van der Waals surface area contributed by atoms with E-state index in [1.807, 2.05) is 18.2 Å². The summed E-state index contributed by atoms with van der Waals surface area (Å²) in [4.78, 5) is 13.5. The molecule has 0 unspecified atom stereocenters. The lowest BCUT2D eigenvalue weighted by Crippen LogP contribution is -2.38. The number of aliphatic hydroxyl groups is 1. The standard InChI is InChI=1S/C28H39NO3/c1-4-5-6-10-16-28(2,3)23-13-14-25(26-19-24(31)15-17-29(26)21-30)27(18-23)32-20-22-11-8-7-9-12-22/h7-9,11-14,18,21,24,26,31H,4-6,10,15-17,19-20H2,1-3H3/t24-,26+/m1/s1. The van der Waals surface area contributed by atoms with Crippen LogP contribution < -0.4 is 4.74 Å². The molecule has 1 amide bonds. The topological polar surface area (TPSA) is 49.8 Å². The molecule has 0 saturated carbocycles. The fraction of sp³-hybridized carbons (Fsp3) is 0.536. The van der Waals surface area contributed by atoms with Gasteiger partial charge in [-0.05, 0) is 41.9 Å². The van der Waals surface area contributed by atoms with Crippen LogP contribution in [0.2, 0.25) is 0 Å². The predicted octanol–water partition coefficient (Wildman–Crippen LogP) is 6.17. The molecule has 1 N–H and O–H groups in total. The molecule has 2 atom stereocenters. The average Bonchev–Trinajstić information content (AvgIpc) is 2.81. The molecular weight excluding hydrogens is 398 g/mol. The molecule has 174 valence electrons. The molecular formula is C28H39NO3. The van der Waals surface area contributed by atoms with E-state index in [4.69, 9.17) is 4.74 Å². The summed E-state index contributed by atoms with van der Waals surface area (Å²) in [5.74, 6) is 0.818. The molecule has 2 aromatic carbocycles. The smallest absolute Gasteiger partial charge is 0.210 e. The number of rotatable bonds is 11. The van der Waals surface area contributed by atoms with Crippen LogP contribution in [-0.2, 0) is 16.8 Å². The van der Waals surface area contributed by atoms with Crippen LogP contribution in [0, 0.1) is 0 Å². The van der Waals surface area contributed by atoms with Crippen LogP contribution >= 0.6 is 0 Å². The van der Waals surface area contributed by atoms with Gasteiger partial charge in [-0.2, -0.15) is 0 Å². The van der Waals surface area contributed by atoms with Gasteiger partial charge in [-0.25, -0.2) is 0 Å². The fourth-order valence-corrected chi connectivity index (χ4v) is 4.63. The molecule has 0 aromatic heterocycles. The second kappa shape index (κ2) is 11.5. The summed E-state index contributed by atoms with van der Waals surface area (Å²) in [6, 6.07) is 16.5. The van der Waals surface area contributed by atoms with Crippen LogP contribution in [0.3, 0.4) is 0 Å². The average molecular weight is 438 g/mol. The summed E-state index contributed by atoms with van der Waals surface area (Å²) in [6.45, 7) is 7.89. The summed E-state index contributed by atoms with van der Waals surface area (Å²) in [6.07, 6.45) is 7.82. The highest BCUT2D eigenvalue weighted by Gasteiger charge is 2.31. The Kier molecular flexibility index (Phi) is 8.75. The minimum atomic E-state index is -0.396. The van der Waals surface area contributed by atoms with E-state index in [0.29, 0.717) is 26.0 Å². The van der Waals surface area contributed by atoms with Crippen LogP contribution in [0.15, 0.2) is 48.5 Å². The van der Waals surface area contributed by atoms with Crippen LogP contribution in [0.25, 0.3) is 0 Å². The molecule has 0 radical (unpaired) electrons. The molecule has 1 fully saturated rings. The molecule has 0 aliphatic carbocycles. The highest BCUT2D eigenvalue weighted by Crippen LogP contribution is 2.39. The number of nitrogens with zero attached hydrogens (tertiary/aromatic N) is 1. The van der Waals surface area contributed by atoms with Crippen LogP contribution in [-0.4, -0.2) is 29.1 Å². The zero-order valence-corrected chi connectivity index (χ0v) is 19.9. The Bertz CT molecular complexity index is 849. The molecule has 1 saturated heterocycles. The van der Waals surface area contributed by atoms with Crippen molar-refractivity contribution in [2.24, 2.45) is 0 Å².